The highest BCUT2D eigenvalue weighted by Gasteiger charge is 2.32. The second-order valence-corrected chi connectivity index (χ2v) is 8.81. The SMILES string of the molecule is CN(C(=O)CC1CCCN(S(=O)(=O)c2ccccc2)C1)N1CCOCC1. The number of sulfonamides is 1. The quantitative estimate of drug-likeness (QED) is 0.766. The Morgan fingerprint density at radius 2 is 1.88 bits per heavy atom. The van der Waals surface area contributed by atoms with Crippen LogP contribution in [0.25, 0.3) is 0 Å². The van der Waals surface area contributed by atoms with Gasteiger partial charge in [0.25, 0.3) is 0 Å². The fraction of sp³-hybridized carbons (Fsp3) is 0.611. The lowest BCUT2D eigenvalue weighted by molar-refractivity contribution is -0.153. The summed E-state index contributed by atoms with van der Waals surface area (Å²) >= 11 is 0. The fourth-order valence-electron chi connectivity index (χ4n) is 3.54. The van der Waals surface area contributed by atoms with E-state index in [0.29, 0.717) is 50.7 Å². The minimum absolute atomic E-state index is 0.0378. The molecule has 2 saturated heterocycles. The zero-order valence-electron chi connectivity index (χ0n) is 15.2. The minimum atomic E-state index is -3.49. The largest absolute Gasteiger partial charge is 0.379 e. The van der Waals surface area contributed by atoms with Crippen molar-refractivity contribution < 1.29 is 17.9 Å². The predicted molar refractivity (Wildman–Crippen MR) is 97.7 cm³/mol. The van der Waals surface area contributed by atoms with Crippen LogP contribution in [0, 0.1) is 5.92 Å². The van der Waals surface area contributed by atoms with Crippen molar-refractivity contribution in [2.45, 2.75) is 24.2 Å². The molecule has 1 aromatic carbocycles. The number of carbonyl (C=O) groups is 1. The van der Waals surface area contributed by atoms with Gasteiger partial charge in [-0.05, 0) is 30.9 Å². The van der Waals surface area contributed by atoms with Crippen molar-refractivity contribution in [1.82, 2.24) is 14.3 Å². The molecule has 0 radical (unpaired) electrons. The van der Waals surface area contributed by atoms with Gasteiger partial charge in [-0.1, -0.05) is 18.2 Å². The highest BCUT2D eigenvalue weighted by molar-refractivity contribution is 7.89. The number of carbonyl (C=O) groups excluding carboxylic acids is 1. The summed E-state index contributed by atoms with van der Waals surface area (Å²) in [7, 11) is -1.70. The molecular weight excluding hydrogens is 354 g/mol. The van der Waals surface area contributed by atoms with E-state index in [0.717, 1.165) is 12.8 Å². The lowest BCUT2D eigenvalue weighted by Gasteiger charge is -2.36. The van der Waals surface area contributed by atoms with Gasteiger partial charge in [-0.2, -0.15) is 4.31 Å². The standard InChI is InChI=1S/C18H27N3O4S/c1-19(20-10-12-25-13-11-20)18(22)14-16-6-5-9-21(15-16)26(23,24)17-7-3-2-4-8-17/h2-4,7-8,16H,5-6,9-15H2,1H3. The van der Waals surface area contributed by atoms with E-state index in [1.807, 2.05) is 5.01 Å². The van der Waals surface area contributed by atoms with Crippen molar-refractivity contribution >= 4 is 15.9 Å². The van der Waals surface area contributed by atoms with Gasteiger partial charge in [0.15, 0.2) is 0 Å². The first-order chi connectivity index (χ1) is 12.5. The zero-order valence-corrected chi connectivity index (χ0v) is 16.0. The predicted octanol–water partition coefficient (Wildman–Crippen LogP) is 1.18. The van der Waals surface area contributed by atoms with Gasteiger partial charge in [0.05, 0.1) is 18.1 Å². The van der Waals surface area contributed by atoms with Crippen molar-refractivity contribution in [3.05, 3.63) is 30.3 Å². The summed E-state index contributed by atoms with van der Waals surface area (Å²) in [5, 5.41) is 3.67. The molecule has 0 bridgehead atoms. The topological polar surface area (TPSA) is 70.2 Å². The van der Waals surface area contributed by atoms with Crippen LogP contribution in [0.1, 0.15) is 19.3 Å². The number of morpholine rings is 1. The molecule has 7 nitrogen and oxygen atoms in total. The van der Waals surface area contributed by atoms with Gasteiger partial charge < -0.3 is 4.74 Å². The molecule has 1 amide bonds. The van der Waals surface area contributed by atoms with E-state index in [2.05, 4.69) is 0 Å². The van der Waals surface area contributed by atoms with Gasteiger partial charge in [0, 0.05) is 39.6 Å². The van der Waals surface area contributed by atoms with Crippen LogP contribution >= 0.6 is 0 Å². The molecule has 0 spiro atoms. The first-order valence-corrected chi connectivity index (χ1v) is 10.6. The number of ether oxygens (including phenoxy) is 1. The molecule has 0 aliphatic carbocycles. The van der Waals surface area contributed by atoms with E-state index in [1.54, 1.807) is 42.4 Å². The Balaban J connectivity index is 1.60. The summed E-state index contributed by atoms with van der Waals surface area (Å²) in [4.78, 5) is 12.9. The maximum absolute atomic E-state index is 12.8. The van der Waals surface area contributed by atoms with Crippen molar-refractivity contribution in [2.24, 2.45) is 5.92 Å². The Hall–Kier alpha value is -1.48. The number of hydrogen-bond acceptors (Lipinski definition) is 5. The summed E-state index contributed by atoms with van der Waals surface area (Å²) in [6, 6.07) is 8.51. The lowest BCUT2D eigenvalue weighted by atomic mass is 9.96. The molecule has 1 aromatic rings. The lowest BCUT2D eigenvalue weighted by Crippen LogP contribution is -2.50. The molecule has 144 valence electrons. The normalized spacial score (nSPS) is 22.9. The maximum atomic E-state index is 12.8. The van der Waals surface area contributed by atoms with Crippen LogP contribution in [-0.4, -0.2) is 75.1 Å². The Bertz CT molecular complexity index is 704. The van der Waals surface area contributed by atoms with Gasteiger partial charge in [-0.25, -0.2) is 13.4 Å². The Labute approximate surface area is 155 Å². The highest BCUT2D eigenvalue weighted by atomic mass is 32.2. The minimum Gasteiger partial charge on any atom is -0.379 e. The molecule has 3 rings (SSSR count). The first-order valence-electron chi connectivity index (χ1n) is 9.13. The van der Waals surface area contributed by atoms with E-state index in [9.17, 15) is 13.2 Å². The second kappa shape index (κ2) is 8.47. The van der Waals surface area contributed by atoms with Crippen molar-refractivity contribution in [3.8, 4) is 0 Å². The summed E-state index contributed by atoms with van der Waals surface area (Å²) < 4.78 is 32.5. The summed E-state index contributed by atoms with van der Waals surface area (Å²) in [5.74, 6) is 0.0917. The molecule has 26 heavy (non-hydrogen) atoms. The van der Waals surface area contributed by atoms with Crippen LogP contribution in [0.2, 0.25) is 0 Å². The molecule has 0 aromatic heterocycles. The van der Waals surface area contributed by atoms with E-state index >= 15 is 0 Å². The summed E-state index contributed by atoms with van der Waals surface area (Å²) in [6.45, 7) is 3.60. The number of nitrogens with zero attached hydrogens (tertiary/aromatic N) is 3. The van der Waals surface area contributed by atoms with Crippen molar-refractivity contribution in [1.29, 1.82) is 0 Å². The van der Waals surface area contributed by atoms with Crippen LogP contribution in [0.5, 0.6) is 0 Å². The molecule has 8 heteroatoms. The van der Waals surface area contributed by atoms with E-state index in [4.69, 9.17) is 4.74 Å². The third-order valence-corrected chi connectivity index (χ3v) is 6.98. The van der Waals surface area contributed by atoms with Crippen LogP contribution in [0.4, 0.5) is 0 Å². The number of amides is 1. The molecule has 2 aliphatic heterocycles. The molecule has 0 saturated carbocycles. The monoisotopic (exact) mass is 381 g/mol. The Morgan fingerprint density at radius 3 is 2.58 bits per heavy atom. The molecule has 1 unspecified atom stereocenters. The average molecular weight is 381 g/mol. The summed E-state index contributed by atoms with van der Waals surface area (Å²) in [6.07, 6.45) is 2.03. The van der Waals surface area contributed by atoms with Gasteiger partial charge in [-0.15, -0.1) is 0 Å². The average Bonchev–Trinajstić information content (AvgIpc) is 2.69. The third kappa shape index (κ3) is 4.43. The first kappa shape index (κ1) is 19.3. The molecule has 2 aliphatic rings. The second-order valence-electron chi connectivity index (χ2n) is 6.87. The maximum Gasteiger partial charge on any atom is 0.243 e. The van der Waals surface area contributed by atoms with E-state index < -0.39 is 10.0 Å². The van der Waals surface area contributed by atoms with Crippen molar-refractivity contribution in [3.63, 3.8) is 0 Å². The number of rotatable bonds is 5. The summed E-state index contributed by atoms with van der Waals surface area (Å²) in [5.41, 5.74) is 0. The Morgan fingerprint density at radius 1 is 1.19 bits per heavy atom. The number of hydrogen-bond donors (Lipinski definition) is 0. The molecule has 1 atom stereocenters. The smallest absolute Gasteiger partial charge is 0.243 e. The van der Waals surface area contributed by atoms with Gasteiger partial charge in [0.2, 0.25) is 15.9 Å². The van der Waals surface area contributed by atoms with E-state index in [1.165, 1.54) is 4.31 Å². The van der Waals surface area contributed by atoms with Crippen LogP contribution in [0.3, 0.4) is 0 Å². The number of benzene rings is 1. The molecular formula is C18H27N3O4S. The van der Waals surface area contributed by atoms with Crippen LogP contribution in [-0.2, 0) is 19.6 Å². The fourth-order valence-corrected chi connectivity index (χ4v) is 5.12. The van der Waals surface area contributed by atoms with E-state index in [-0.39, 0.29) is 11.8 Å². The molecule has 2 fully saturated rings. The van der Waals surface area contributed by atoms with Gasteiger partial charge in [-0.3, -0.25) is 9.80 Å². The highest BCUT2D eigenvalue weighted by Crippen LogP contribution is 2.26. The van der Waals surface area contributed by atoms with Crippen LogP contribution in [0.15, 0.2) is 35.2 Å². The zero-order chi connectivity index (χ0) is 18.6. The molecule has 2 heterocycles. The van der Waals surface area contributed by atoms with Crippen LogP contribution < -0.4 is 0 Å². The number of piperidine rings is 1. The van der Waals surface area contributed by atoms with Gasteiger partial charge >= 0.3 is 0 Å². The molecule has 0 N–H and O–H groups in total. The van der Waals surface area contributed by atoms with Crippen molar-refractivity contribution in [2.75, 3.05) is 46.4 Å². The third-order valence-electron chi connectivity index (χ3n) is 5.10. The Kier molecular flexibility index (Phi) is 6.29. The van der Waals surface area contributed by atoms with Gasteiger partial charge in [0.1, 0.15) is 0 Å². The number of hydrazine groups is 1.